The monoisotopic (exact) mass is 492 g/mol. The van der Waals surface area contributed by atoms with Crippen LogP contribution in [0.1, 0.15) is 24.8 Å². The number of benzene rings is 3. The van der Waals surface area contributed by atoms with Crippen molar-refractivity contribution in [1.82, 2.24) is 4.90 Å². The number of nitrogens with zero attached hydrogens (tertiary/aromatic N) is 3. The second-order valence-electron chi connectivity index (χ2n) is 8.38. The SMILES string of the molecule is N#Cc1cccc(-c2ccc(NC(=O)N(CCN3CCCCC3)c3cc(Cl)cc(Cl)c3)cc2)c1. The number of hydrogen-bond donors (Lipinski definition) is 1. The number of carbonyl (C=O) groups excluding carboxylic acids is 1. The smallest absolute Gasteiger partial charge is 0.308 e. The zero-order valence-corrected chi connectivity index (χ0v) is 20.3. The molecule has 0 unspecified atom stereocenters. The second-order valence-corrected chi connectivity index (χ2v) is 9.25. The highest BCUT2D eigenvalue weighted by atomic mass is 35.5. The average molecular weight is 493 g/mol. The molecule has 7 heteroatoms. The molecule has 1 fully saturated rings. The van der Waals surface area contributed by atoms with Crippen LogP contribution >= 0.6 is 23.2 Å². The van der Waals surface area contributed by atoms with Crippen molar-refractivity contribution in [2.45, 2.75) is 19.3 Å². The molecule has 0 aliphatic carbocycles. The van der Waals surface area contributed by atoms with Crippen molar-refractivity contribution in [2.75, 3.05) is 36.4 Å². The number of hydrogen-bond acceptors (Lipinski definition) is 3. The van der Waals surface area contributed by atoms with Crippen molar-refractivity contribution in [2.24, 2.45) is 0 Å². The molecule has 3 aromatic rings. The van der Waals surface area contributed by atoms with Crippen molar-refractivity contribution in [1.29, 1.82) is 5.26 Å². The third-order valence-electron chi connectivity index (χ3n) is 5.95. The fourth-order valence-corrected chi connectivity index (χ4v) is 4.69. The van der Waals surface area contributed by atoms with Gasteiger partial charge in [0.1, 0.15) is 0 Å². The van der Waals surface area contributed by atoms with E-state index in [-0.39, 0.29) is 6.03 Å². The van der Waals surface area contributed by atoms with Crippen LogP contribution in [0.5, 0.6) is 0 Å². The standard InChI is InChI=1S/C27H26Cl2N4O/c28-23-16-24(29)18-26(17-23)33(14-13-32-11-2-1-3-12-32)27(34)31-25-9-7-21(8-10-25)22-6-4-5-20(15-22)19-30/h4-10,15-18H,1-3,11-14H2,(H,31,34). The van der Waals surface area contributed by atoms with Crippen molar-refractivity contribution in [3.8, 4) is 17.2 Å². The quantitative estimate of drug-likeness (QED) is 0.400. The van der Waals surface area contributed by atoms with Gasteiger partial charge in [-0.2, -0.15) is 5.26 Å². The largest absolute Gasteiger partial charge is 0.326 e. The van der Waals surface area contributed by atoms with Gasteiger partial charge in [0.25, 0.3) is 0 Å². The number of rotatable bonds is 6. The summed E-state index contributed by atoms with van der Waals surface area (Å²) in [6.45, 7) is 3.42. The number of nitrogens with one attached hydrogen (secondary N) is 1. The van der Waals surface area contributed by atoms with Crippen LogP contribution in [0, 0.1) is 11.3 Å². The topological polar surface area (TPSA) is 59.4 Å². The molecule has 4 rings (SSSR count). The van der Waals surface area contributed by atoms with Crippen LogP contribution in [0.25, 0.3) is 11.1 Å². The first-order valence-electron chi connectivity index (χ1n) is 11.4. The lowest BCUT2D eigenvalue weighted by molar-refractivity contribution is 0.230. The maximum atomic E-state index is 13.3. The molecule has 1 aliphatic heterocycles. The number of carbonyl (C=O) groups is 1. The van der Waals surface area contributed by atoms with Gasteiger partial charge in [0.2, 0.25) is 0 Å². The summed E-state index contributed by atoms with van der Waals surface area (Å²) in [6.07, 6.45) is 3.65. The Morgan fingerprint density at radius 2 is 1.65 bits per heavy atom. The molecular formula is C27H26Cl2N4O. The number of piperidine rings is 1. The third-order valence-corrected chi connectivity index (χ3v) is 6.39. The molecule has 1 heterocycles. The highest BCUT2D eigenvalue weighted by molar-refractivity contribution is 6.35. The van der Waals surface area contributed by atoms with Gasteiger partial charge in [-0.1, -0.05) is 53.9 Å². The molecule has 0 atom stereocenters. The highest BCUT2D eigenvalue weighted by Gasteiger charge is 2.19. The normalized spacial score (nSPS) is 13.8. The molecule has 1 saturated heterocycles. The van der Waals surface area contributed by atoms with Crippen LogP contribution in [0.15, 0.2) is 66.7 Å². The molecule has 5 nitrogen and oxygen atoms in total. The number of anilines is 2. The van der Waals surface area contributed by atoms with Crippen molar-refractivity contribution in [3.05, 3.63) is 82.3 Å². The van der Waals surface area contributed by atoms with Crippen LogP contribution in [0.2, 0.25) is 10.0 Å². The molecule has 1 aliphatic rings. The average Bonchev–Trinajstić information content (AvgIpc) is 2.85. The summed E-state index contributed by atoms with van der Waals surface area (Å²) in [5.74, 6) is 0. The fraction of sp³-hybridized carbons (Fsp3) is 0.259. The number of nitriles is 1. The van der Waals surface area contributed by atoms with Gasteiger partial charge in [0, 0.05) is 34.5 Å². The van der Waals surface area contributed by atoms with Gasteiger partial charge in [-0.05, 0) is 79.5 Å². The molecule has 0 aromatic heterocycles. The van der Waals surface area contributed by atoms with Gasteiger partial charge in [0.15, 0.2) is 0 Å². The minimum absolute atomic E-state index is 0.241. The Morgan fingerprint density at radius 1 is 0.941 bits per heavy atom. The maximum Gasteiger partial charge on any atom is 0.326 e. The summed E-state index contributed by atoms with van der Waals surface area (Å²) in [5, 5.41) is 13.1. The van der Waals surface area contributed by atoms with Crippen molar-refractivity contribution in [3.63, 3.8) is 0 Å². The maximum absolute atomic E-state index is 13.3. The number of urea groups is 1. The van der Waals surface area contributed by atoms with E-state index in [1.54, 1.807) is 29.2 Å². The van der Waals surface area contributed by atoms with Gasteiger partial charge in [-0.25, -0.2) is 4.79 Å². The van der Waals surface area contributed by atoms with E-state index < -0.39 is 0 Å². The van der Waals surface area contributed by atoms with E-state index in [2.05, 4.69) is 16.3 Å². The van der Waals surface area contributed by atoms with Gasteiger partial charge in [0.05, 0.1) is 11.6 Å². The van der Waals surface area contributed by atoms with E-state index in [0.29, 0.717) is 33.5 Å². The Morgan fingerprint density at radius 3 is 2.32 bits per heavy atom. The van der Waals surface area contributed by atoms with Gasteiger partial charge < -0.3 is 10.2 Å². The highest BCUT2D eigenvalue weighted by Crippen LogP contribution is 2.27. The van der Waals surface area contributed by atoms with Gasteiger partial charge >= 0.3 is 6.03 Å². The molecule has 0 saturated carbocycles. The fourth-order valence-electron chi connectivity index (χ4n) is 4.17. The van der Waals surface area contributed by atoms with Crippen LogP contribution in [-0.4, -0.2) is 37.1 Å². The molecule has 3 aromatic carbocycles. The number of amides is 2. The first kappa shape index (κ1) is 24.1. The van der Waals surface area contributed by atoms with E-state index >= 15 is 0 Å². The van der Waals surface area contributed by atoms with Crippen molar-refractivity contribution < 1.29 is 4.79 Å². The van der Waals surface area contributed by atoms with E-state index in [9.17, 15) is 4.79 Å². The zero-order chi connectivity index (χ0) is 23.9. The molecule has 1 N–H and O–H groups in total. The number of likely N-dealkylation sites (tertiary alicyclic amines) is 1. The molecule has 174 valence electrons. The first-order valence-corrected chi connectivity index (χ1v) is 12.1. The molecule has 0 bridgehead atoms. The van der Waals surface area contributed by atoms with Gasteiger partial charge in [-0.3, -0.25) is 4.90 Å². The van der Waals surface area contributed by atoms with Crippen LogP contribution < -0.4 is 10.2 Å². The van der Waals surface area contributed by atoms with Crippen LogP contribution in [-0.2, 0) is 0 Å². The van der Waals surface area contributed by atoms with E-state index in [0.717, 1.165) is 30.8 Å². The first-order chi connectivity index (χ1) is 16.5. The summed E-state index contributed by atoms with van der Waals surface area (Å²) < 4.78 is 0. The summed E-state index contributed by atoms with van der Waals surface area (Å²) >= 11 is 12.5. The summed E-state index contributed by atoms with van der Waals surface area (Å²) in [6, 6.07) is 22.1. The Labute approximate surface area is 210 Å². The second kappa shape index (κ2) is 11.4. The Bertz CT molecular complexity index is 1160. The summed E-state index contributed by atoms with van der Waals surface area (Å²) in [7, 11) is 0. The number of halogens is 2. The Hall–Kier alpha value is -3.04. The Balaban J connectivity index is 1.50. The third kappa shape index (κ3) is 6.30. The van der Waals surface area contributed by atoms with Gasteiger partial charge in [-0.15, -0.1) is 0 Å². The van der Waals surface area contributed by atoms with E-state index in [1.165, 1.54) is 19.3 Å². The molecular weight excluding hydrogens is 467 g/mol. The van der Waals surface area contributed by atoms with E-state index in [4.69, 9.17) is 28.5 Å². The minimum atomic E-state index is -0.241. The van der Waals surface area contributed by atoms with Crippen LogP contribution in [0.3, 0.4) is 0 Å². The summed E-state index contributed by atoms with van der Waals surface area (Å²) in [5.41, 5.74) is 3.88. The molecule has 34 heavy (non-hydrogen) atoms. The summed E-state index contributed by atoms with van der Waals surface area (Å²) in [4.78, 5) is 17.4. The molecule has 2 amide bonds. The molecule has 0 radical (unpaired) electrons. The predicted molar refractivity (Wildman–Crippen MR) is 140 cm³/mol. The Kier molecular flexibility index (Phi) is 8.08. The zero-order valence-electron chi connectivity index (χ0n) is 18.8. The lowest BCUT2D eigenvalue weighted by Gasteiger charge is -2.30. The minimum Gasteiger partial charge on any atom is -0.308 e. The van der Waals surface area contributed by atoms with E-state index in [1.807, 2.05) is 42.5 Å². The lowest BCUT2D eigenvalue weighted by Crippen LogP contribution is -2.42. The van der Waals surface area contributed by atoms with Crippen LogP contribution in [0.4, 0.5) is 16.2 Å². The molecule has 0 spiro atoms. The van der Waals surface area contributed by atoms with Crippen molar-refractivity contribution >= 4 is 40.6 Å². The lowest BCUT2D eigenvalue weighted by atomic mass is 10.0. The predicted octanol–water partition coefficient (Wildman–Crippen LogP) is 7.06.